The van der Waals surface area contributed by atoms with E-state index >= 15 is 0 Å². The topological polar surface area (TPSA) is 102 Å². The maximum atomic E-state index is 14.7. The number of rotatable bonds is 13. The maximum Gasteiger partial charge on any atom is 0.242 e. The lowest BCUT2D eigenvalue weighted by molar-refractivity contribution is -0.144. The number of anilines is 1. The fourth-order valence-corrected chi connectivity index (χ4v) is 4.71. The first-order valence-electron chi connectivity index (χ1n) is 12.9. The van der Waals surface area contributed by atoms with Gasteiger partial charge in [-0.05, 0) is 54.2 Å². The summed E-state index contributed by atoms with van der Waals surface area (Å²) in [5, 5.41) is 14.9. The minimum atomic E-state index is -1.65. The summed E-state index contributed by atoms with van der Waals surface area (Å²) < 4.78 is 14.7. The lowest BCUT2D eigenvalue weighted by Gasteiger charge is -2.41. The molecule has 0 aromatic heterocycles. The van der Waals surface area contributed by atoms with Crippen LogP contribution < -0.4 is 10.6 Å². The van der Waals surface area contributed by atoms with Gasteiger partial charge in [0.2, 0.25) is 18.2 Å². The molecular weight excluding hydrogens is 486 g/mol. The number of hydrogen-bond acceptors (Lipinski definition) is 6. The number of nitrogens with zero attached hydrogens (tertiary/aromatic N) is 2. The Morgan fingerprint density at radius 2 is 2.00 bits per heavy atom. The third-order valence-electron chi connectivity index (χ3n) is 6.78. The van der Waals surface area contributed by atoms with Crippen molar-refractivity contribution in [3.63, 3.8) is 0 Å². The largest absolute Gasteiger partial charge is 0.395 e. The van der Waals surface area contributed by atoms with Crippen LogP contribution in [-0.4, -0.2) is 66.1 Å². The minimum absolute atomic E-state index is 0.0210. The van der Waals surface area contributed by atoms with Gasteiger partial charge in [0.25, 0.3) is 0 Å². The zero-order chi connectivity index (χ0) is 27.9. The Labute approximate surface area is 225 Å². The SMILES string of the molecule is [B]C1(N(C=O)Cc2c(C)cccc2NCc2cc(CN(CCO)CC(C)C)ccc2F)CCC(=O)NC1=O. The number of nitrogens with one attached hydrogen (secondary N) is 2. The van der Waals surface area contributed by atoms with Crippen molar-refractivity contribution in [1.29, 1.82) is 0 Å². The quantitative estimate of drug-likeness (QED) is 0.212. The molecule has 38 heavy (non-hydrogen) atoms. The Balaban J connectivity index is 1.79. The summed E-state index contributed by atoms with van der Waals surface area (Å²) in [6, 6.07) is 10.6. The van der Waals surface area contributed by atoms with Crippen LogP contribution in [0.5, 0.6) is 0 Å². The molecule has 1 aliphatic rings. The summed E-state index contributed by atoms with van der Waals surface area (Å²) in [4.78, 5) is 39.5. The smallest absolute Gasteiger partial charge is 0.242 e. The molecule has 3 N–H and O–H groups in total. The van der Waals surface area contributed by atoms with E-state index in [1.54, 1.807) is 6.07 Å². The lowest BCUT2D eigenvalue weighted by Crippen LogP contribution is -2.62. The van der Waals surface area contributed by atoms with Gasteiger partial charge in [-0.2, -0.15) is 0 Å². The molecule has 3 amide bonds. The Kier molecular flexibility index (Phi) is 10.0. The van der Waals surface area contributed by atoms with E-state index in [4.69, 9.17) is 7.85 Å². The van der Waals surface area contributed by atoms with Crippen LogP contribution in [0.15, 0.2) is 36.4 Å². The normalized spacial score (nSPS) is 17.6. The van der Waals surface area contributed by atoms with Gasteiger partial charge in [0, 0.05) is 50.4 Å². The van der Waals surface area contributed by atoms with Gasteiger partial charge in [0.15, 0.2) is 0 Å². The molecule has 0 spiro atoms. The van der Waals surface area contributed by atoms with E-state index in [1.807, 2.05) is 31.2 Å². The molecule has 0 aliphatic carbocycles. The number of carbonyl (C=O) groups excluding carboxylic acids is 3. The molecule has 8 nitrogen and oxygen atoms in total. The van der Waals surface area contributed by atoms with E-state index in [2.05, 4.69) is 29.4 Å². The number of imide groups is 1. The summed E-state index contributed by atoms with van der Waals surface area (Å²) in [6.07, 6.45) is 0.575. The summed E-state index contributed by atoms with van der Waals surface area (Å²) in [6.45, 7) is 8.34. The van der Waals surface area contributed by atoms with Gasteiger partial charge in [0.05, 0.1) is 12.0 Å². The molecular formula is C28H36BFN4O4. The average molecular weight is 522 g/mol. The van der Waals surface area contributed by atoms with Crippen LogP contribution in [0.2, 0.25) is 0 Å². The van der Waals surface area contributed by atoms with Gasteiger partial charge in [-0.1, -0.05) is 32.0 Å². The highest BCUT2D eigenvalue weighted by molar-refractivity contribution is 6.31. The highest BCUT2D eigenvalue weighted by atomic mass is 19.1. The molecule has 1 aliphatic heterocycles. The third-order valence-corrected chi connectivity index (χ3v) is 6.78. The molecule has 0 bridgehead atoms. The maximum absolute atomic E-state index is 14.7. The van der Waals surface area contributed by atoms with Crippen LogP contribution in [0.3, 0.4) is 0 Å². The van der Waals surface area contributed by atoms with Crippen molar-refractivity contribution in [2.24, 2.45) is 5.92 Å². The molecule has 2 aromatic rings. The van der Waals surface area contributed by atoms with Crippen LogP contribution >= 0.6 is 0 Å². The van der Waals surface area contributed by atoms with Gasteiger partial charge in [0.1, 0.15) is 13.7 Å². The Morgan fingerprint density at radius 1 is 1.24 bits per heavy atom. The zero-order valence-corrected chi connectivity index (χ0v) is 22.3. The van der Waals surface area contributed by atoms with Gasteiger partial charge >= 0.3 is 0 Å². The number of amides is 3. The predicted molar refractivity (Wildman–Crippen MR) is 145 cm³/mol. The molecule has 202 valence electrons. The van der Waals surface area contributed by atoms with Crippen LogP contribution in [0.1, 0.15) is 48.9 Å². The van der Waals surface area contributed by atoms with Gasteiger partial charge in [-0.3, -0.25) is 24.6 Å². The molecule has 1 unspecified atom stereocenters. The minimum Gasteiger partial charge on any atom is -0.395 e. The van der Waals surface area contributed by atoms with Crippen molar-refractivity contribution in [2.75, 3.05) is 25.0 Å². The molecule has 0 saturated carbocycles. The second-order valence-corrected chi connectivity index (χ2v) is 10.3. The predicted octanol–water partition coefficient (Wildman–Crippen LogP) is 2.46. The fraction of sp³-hybridized carbons (Fsp3) is 0.464. The number of halogens is 1. The third kappa shape index (κ3) is 7.20. The highest BCUT2D eigenvalue weighted by Crippen LogP contribution is 2.28. The number of carbonyl (C=O) groups is 3. The molecule has 3 rings (SSSR count). The number of aliphatic hydroxyl groups is 1. The number of aryl methyl sites for hydroxylation is 1. The van der Waals surface area contributed by atoms with Gasteiger partial charge in [-0.25, -0.2) is 4.39 Å². The average Bonchev–Trinajstić information content (AvgIpc) is 2.86. The highest BCUT2D eigenvalue weighted by Gasteiger charge is 2.42. The first-order valence-corrected chi connectivity index (χ1v) is 12.9. The van der Waals surface area contributed by atoms with Crippen LogP contribution in [-0.2, 0) is 34.0 Å². The number of piperidine rings is 1. The van der Waals surface area contributed by atoms with Crippen molar-refractivity contribution in [3.05, 3.63) is 64.5 Å². The first-order chi connectivity index (χ1) is 18.1. The number of aliphatic hydroxyl groups excluding tert-OH is 1. The van der Waals surface area contributed by atoms with Crippen molar-refractivity contribution in [3.8, 4) is 0 Å². The lowest BCUT2D eigenvalue weighted by atomic mass is 9.70. The first kappa shape index (κ1) is 29.3. The Hall–Kier alpha value is -3.24. The van der Waals surface area contributed by atoms with E-state index in [0.717, 1.165) is 23.2 Å². The van der Waals surface area contributed by atoms with E-state index < -0.39 is 17.3 Å². The number of hydrogen-bond donors (Lipinski definition) is 3. The molecule has 10 heteroatoms. The summed E-state index contributed by atoms with van der Waals surface area (Å²) >= 11 is 0. The summed E-state index contributed by atoms with van der Waals surface area (Å²) in [5.74, 6) is -1.04. The molecule has 1 atom stereocenters. The molecule has 1 fully saturated rings. The van der Waals surface area contributed by atoms with Crippen molar-refractivity contribution < 1.29 is 23.9 Å². The van der Waals surface area contributed by atoms with Crippen molar-refractivity contribution >= 4 is 31.8 Å². The standard InChI is InChI=1S/C28H36BFN4O4/c1-19(2)15-33(11-12-35)16-21-7-8-24(30)22(13-21)14-31-25-6-4-5-20(3)23(25)17-34(18-36)28(29)10-9-26(37)32-27(28)38/h4-8,13,18-19,31,35H,9-12,14-17H2,1-3H3,(H,32,37,38). The van der Waals surface area contributed by atoms with Gasteiger partial charge in [-0.15, -0.1) is 0 Å². The molecule has 1 saturated heterocycles. The van der Waals surface area contributed by atoms with E-state index in [9.17, 15) is 23.9 Å². The van der Waals surface area contributed by atoms with E-state index in [0.29, 0.717) is 36.7 Å². The van der Waals surface area contributed by atoms with Crippen molar-refractivity contribution in [2.45, 2.75) is 58.7 Å². The van der Waals surface area contributed by atoms with E-state index in [-0.39, 0.29) is 38.4 Å². The summed E-state index contributed by atoms with van der Waals surface area (Å²) in [5.41, 5.74) is 2.05. The van der Waals surface area contributed by atoms with Crippen LogP contribution in [0.4, 0.5) is 10.1 Å². The van der Waals surface area contributed by atoms with Gasteiger partial charge < -0.3 is 15.3 Å². The zero-order valence-electron chi connectivity index (χ0n) is 22.3. The van der Waals surface area contributed by atoms with E-state index in [1.165, 1.54) is 11.0 Å². The van der Waals surface area contributed by atoms with Crippen LogP contribution in [0, 0.1) is 18.7 Å². The fourth-order valence-electron chi connectivity index (χ4n) is 4.71. The second-order valence-electron chi connectivity index (χ2n) is 10.3. The molecule has 2 radical (unpaired) electrons. The summed E-state index contributed by atoms with van der Waals surface area (Å²) in [7, 11) is 6.30. The number of benzene rings is 2. The second kappa shape index (κ2) is 13.0. The Morgan fingerprint density at radius 3 is 2.66 bits per heavy atom. The monoisotopic (exact) mass is 522 g/mol. The Bertz CT molecular complexity index is 1160. The molecule has 2 aromatic carbocycles. The van der Waals surface area contributed by atoms with Crippen molar-refractivity contribution in [1.82, 2.24) is 15.1 Å². The van der Waals surface area contributed by atoms with Crippen LogP contribution in [0.25, 0.3) is 0 Å². The molecule has 1 heterocycles.